The molecule has 2 heterocycles. The standard InChI is InChI=1S/C24H27F2N3/c1-27(2)23-14-29(22-9-8-15-10-16(25)11-20(26)24(15)22)13-19(23)18-12-28(3)21-7-5-4-6-17(18)21/h4-7,10-12,19,22-23H,8-9,13-14H2,1-3H3/t19-,22?,23+/m1/s1. The van der Waals surface area contributed by atoms with Crippen molar-refractivity contribution in [2.75, 3.05) is 27.2 Å². The van der Waals surface area contributed by atoms with Crippen molar-refractivity contribution in [2.45, 2.75) is 30.8 Å². The summed E-state index contributed by atoms with van der Waals surface area (Å²) in [6.45, 7) is 1.78. The van der Waals surface area contributed by atoms with E-state index in [0.29, 0.717) is 17.5 Å². The Balaban J connectivity index is 1.52. The van der Waals surface area contributed by atoms with Gasteiger partial charge in [0.1, 0.15) is 11.6 Å². The van der Waals surface area contributed by atoms with E-state index in [1.807, 2.05) is 0 Å². The van der Waals surface area contributed by atoms with Crippen LogP contribution in [0.15, 0.2) is 42.6 Å². The molecule has 2 aliphatic rings. The number of hydrogen-bond acceptors (Lipinski definition) is 2. The first-order valence-corrected chi connectivity index (χ1v) is 10.4. The fourth-order valence-corrected chi connectivity index (χ4v) is 5.59. The summed E-state index contributed by atoms with van der Waals surface area (Å²) in [5, 5.41) is 1.30. The van der Waals surface area contributed by atoms with Crippen LogP contribution in [-0.2, 0) is 13.5 Å². The number of aryl methyl sites for hydroxylation is 2. The number of benzene rings is 2. The van der Waals surface area contributed by atoms with Crippen molar-refractivity contribution in [2.24, 2.45) is 7.05 Å². The van der Waals surface area contributed by atoms with Crippen LogP contribution in [0, 0.1) is 11.6 Å². The molecule has 0 amide bonds. The molecule has 5 heteroatoms. The van der Waals surface area contributed by atoms with E-state index in [-0.39, 0.29) is 6.04 Å². The summed E-state index contributed by atoms with van der Waals surface area (Å²) in [4.78, 5) is 4.72. The van der Waals surface area contributed by atoms with Gasteiger partial charge in [0.05, 0.1) is 0 Å². The highest BCUT2D eigenvalue weighted by atomic mass is 19.1. The van der Waals surface area contributed by atoms with Crippen molar-refractivity contribution < 1.29 is 8.78 Å². The zero-order valence-electron chi connectivity index (χ0n) is 17.2. The van der Waals surface area contributed by atoms with Gasteiger partial charge >= 0.3 is 0 Å². The van der Waals surface area contributed by atoms with Gasteiger partial charge in [0.2, 0.25) is 0 Å². The van der Waals surface area contributed by atoms with Gasteiger partial charge in [-0.2, -0.15) is 0 Å². The molecule has 29 heavy (non-hydrogen) atoms. The molecule has 0 N–H and O–H groups in total. The predicted octanol–water partition coefficient (Wildman–Crippen LogP) is 4.47. The van der Waals surface area contributed by atoms with Gasteiger partial charge in [-0.1, -0.05) is 18.2 Å². The number of hydrogen-bond donors (Lipinski definition) is 0. The van der Waals surface area contributed by atoms with E-state index >= 15 is 0 Å². The second-order valence-electron chi connectivity index (χ2n) is 8.82. The van der Waals surface area contributed by atoms with Gasteiger partial charge in [0.25, 0.3) is 0 Å². The maximum atomic E-state index is 14.7. The Bertz CT molecular complexity index is 1070. The summed E-state index contributed by atoms with van der Waals surface area (Å²) in [7, 11) is 6.36. The van der Waals surface area contributed by atoms with Gasteiger partial charge in [-0.15, -0.1) is 0 Å². The molecule has 0 saturated carbocycles. The number of halogens is 2. The third-order valence-corrected chi connectivity index (χ3v) is 6.95. The van der Waals surface area contributed by atoms with Crippen LogP contribution in [0.1, 0.15) is 35.1 Å². The molecule has 1 saturated heterocycles. The second kappa shape index (κ2) is 6.92. The van der Waals surface area contributed by atoms with E-state index in [0.717, 1.165) is 37.6 Å². The Kier molecular flexibility index (Phi) is 4.48. The van der Waals surface area contributed by atoms with Gasteiger partial charge in [0.15, 0.2) is 0 Å². The monoisotopic (exact) mass is 395 g/mol. The lowest BCUT2D eigenvalue weighted by Crippen LogP contribution is -2.35. The average molecular weight is 395 g/mol. The minimum absolute atomic E-state index is 0.0352. The number of likely N-dealkylation sites (tertiary alicyclic amines) is 1. The zero-order valence-corrected chi connectivity index (χ0v) is 17.2. The predicted molar refractivity (Wildman–Crippen MR) is 112 cm³/mol. The van der Waals surface area contributed by atoms with Crippen LogP contribution in [0.3, 0.4) is 0 Å². The number of likely N-dealkylation sites (N-methyl/N-ethyl adjacent to an activating group) is 1. The Morgan fingerprint density at radius 3 is 2.66 bits per heavy atom. The van der Waals surface area contributed by atoms with E-state index in [2.05, 4.69) is 66.0 Å². The fraction of sp³-hybridized carbons (Fsp3) is 0.417. The van der Waals surface area contributed by atoms with E-state index in [1.165, 1.54) is 22.5 Å². The maximum Gasteiger partial charge on any atom is 0.131 e. The lowest BCUT2D eigenvalue weighted by molar-refractivity contribution is 0.213. The Labute approximate surface area is 170 Å². The van der Waals surface area contributed by atoms with Gasteiger partial charge in [-0.3, -0.25) is 4.90 Å². The molecule has 1 unspecified atom stereocenters. The summed E-state index contributed by atoms with van der Waals surface area (Å²) in [6.07, 6.45) is 3.86. The van der Waals surface area contributed by atoms with Gasteiger partial charge in [-0.25, -0.2) is 8.78 Å². The molecule has 1 aliphatic carbocycles. The van der Waals surface area contributed by atoms with Crippen molar-refractivity contribution in [3.63, 3.8) is 0 Å². The number of rotatable bonds is 3. The molecule has 3 atom stereocenters. The van der Waals surface area contributed by atoms with Crippen LogP contribution in [0.5, 0.6) is 0 Å². The molecule has 0 spiro atoms. The third kappa shape index (κ3) is 2.99. The number of para-hydroxylation sites is 1. The van der Waals surface area contributed by atoms with E-state index in [9.17, 15) is 8.78 Å². The van der Waals surface area contributed by atoms with Crippen LogP contribution in [0.25, 0.3) is 10.9 Å². The van der Waals surface area contributed by atoms with Crippen LogP contribution >= 0.6 is 0 Å². The Morgan fingerprint density at radius 2 is 1.86 bits per heavy atom. The molecule has 3 aromatic rings. The molecule has 1 aromatic heterocycles. The highest BCUT2D eigenvalue weighted by molar-refractivity contribution is 5.84. The molecular weight excluding hydrogens is 368 g/mol. The Morgan fingerprint density at radius 1 is 1.07 bits per heavy atom. The number of fused-ring (bicyclic) bond motifs is 2. The van der Waals surface area contributed by atoms with Crippen LogP contribution in [-0.4, -0.2) is 47.6 Å². The third-order valence-electron chi connectivity index (χ3n) is 6.95. The van der Waals surface area contributed by atoms with Crippen molar-refractivity contribution in [1.82, 2.24) is 14.4 Å². The fourth-order valence-electron chi connectivity index (χ4n) is 5.59. The maximum absolute atomic E-state index is 14.7. The Hall–Kier alpha value is -2.24. The normalized spacial score (nSPS) is 24.7. The summed E-state index contributed by atoms with van der Waals surface area (Å²) in [6, 6.07) is 11.5. The van der Waals surface area contributed by atoms with E-state index in [1.54, 1.807) is 0 Å². The first-order chi connectivity index (χ1) is 13.9. The van der Waals surface area contributed by atoms with Gasteiger partial charge < -0.3 is 9.47 Å². The van der Waals surface area contributed by atoms with Crippen LogP contribution in [0.4, 0.5) is 8.78 Å². The number of nitrogens with zero attached hydrogens (tertiary/aromatic N) is 3. The minimum Gasteiger partial charge on any atom is -0.350 e. The number of aromatic nitrogens is 1. The molecule has 1 aliphatic heterocycles. The quantitative estimate of drug-likeness (QED) is 0.648. The van der Waals surface area contributed by atoms with E-state index in [4.69, 9.17) is 0 Å². The molecule has 3 nitrogen and oxygen atoms in total. The van der Waals surface area contributed by atoms with Crippen molar-refractivity contribution >= 4 is 10.9 Å². The highest BCUT2D eigenvalue weighted by Gasteiger charge is 2.42. The smallest absolute Gasteiger partial charge is 0.131 e. The SMILES string of the molecule is CN(C)[C@H]1CN(C2CCc3cc(F)cc(F)c32)C[C@@H]1c1cn(C)c2ccccc12. The van der Waals surface area contributed by atoms with Gasteiger partial charge in [-0.05, 0) is 50.2 Å². The minimum atomic E-state index is -0.469. The van der Waals surface area contributed by atoms with Crippen molar-refractivity contribution in [3.05, 3.63) is 70.9 Å². The second-order valence-corrected chi connectivity index (χ2v) is 8.82. The van der Waals surface area contributed by atoms with Crippen LogP contribution in [0.2, 0.25) is 0 Å². The summed E-state index contributed by atoms with van der Waals surface area (Å²) in [5.74, 6) is -0.510. The zero-order chi connectivity index (χ0) is 20.3. The molecule has 5 rings (SSSR count). The van der Waals surface area contributed by atoms with Crippen molar-refractivity contribution in [1.29, 1.82) is 0 Å². The summed E-state index contributed by atoms with van der Waals surface area (Å²) >= 11 is 0. The molecular formula is C24H27F2N3. The molecule has 0 bridgehead atoms. The average Bonchev–Trinajstić information content (AvgIpc) is 3.37. The van der Waals surface area contributed by atoms with E-state index < -0.39 is 11.6 Å². The molecule has 0 radical (unpaired) electrons. The topological polar surface area (TPSA) is 11.4 Å². The molecule has 1 fully saturated rings. The molecule has 152 valence electrons. The molecule has 2 aromatic carbocycles. The lowest BCUT2D eigenvalue weighted by Gasteiger charge is -2.26. The first kappa shape index (κ1) is 18.8. The van der Waals surface area contributed by atoms with Crippen LogP contribution < -0.4 is 0 Å². The largest absolute Gasteiger partial charge is 0.350 e. The van der Waals surface area contributed by atoms with Gasteiger partial charge in [0, 0.05) is 66.9 Å². The summed E-state index contributed by atoms with van der Waals surface area (Å²) in [5.41, 5.74) is 4.15. The highest BCUT2D eigenvalue weighted by Crippen LogP contribution is 2.44. The first-order valence-electron chi connectivity index (χ1n) is 10.4. The van der Waals surface area contributed by atoms with Crippen molar-refractivity contribution in [3.8, 4) is 0 Å². The summed E-state index contributed by atoms with van der Waals surface area (Å²) < 4.78 is 30.5. The lowest BCUT2D eigenvalue weighted by atomic mass is 9.93.